The quantitative estimate of drug-likeness (QED) is 0.817. The summed E-state index contributed by atoms with van der Waals surface area (Å²) in [7, 11) is 0. The summed E-state index contributed by atoms with van der Waals surface area (Å²) in [5.41, 5.74) is 0.992. The standard InChI is InChI=1S/C12H17FN2/c1-2-15(12-6-7-14-9-12)11-5-3-4-10(13)8-11/h3-5,8,12,14H,2,6-7,9H2,1H3. The molecule has 1 heterocycles. The lowest BCUT2D eigenvalue weighted by molar-refractivity contribution is 0.617. The molecule has 1 atom stereocenters. The van der Waals surface area contributed by atoms with E-state index < -0.39 is 0 Å². The summed E-state index contributed by atoms with van der Waals surface area (Å²) in [4.78, 5) is 2.27. The molecule has 82 valence electrons. The Bertz CT molecular complexity index is 321. The predicted molar refractivity (Wildman–Crippen MR) is 60.7 cm³/mol. The second-order valence-corrected chi connectivity index (χ2v) is 3.91. The molecule has 1 aliphatic rings. The van der Waals surface area contributed by atoms with Crippen LogP contribution in [0.4, 0.5) is 10.1 Å². The molecule has 0 aliphatic carbocycles. The van der Waals surface area contributed by atoms with Crippen molar-refractivity contribution in [2.45, 2.75) is 19.4 Å². The Labute approximate surface area is 90.1 Å². The monoisotopic (exact) mass is 208 g/mol. The summed E-state index contributed by atoms with van der Waals surface area (Å²) in [5.74, 6) is -0.156. The lowest BCUT2D eigenvalue weighted by atomic mass is 10.2. The van der Waals surface area contributed by atoms with Gasteiger partial charge in [0, 0.05) is 24.8 Å². The van der Waals surface area contributed by atoms with Gasteiger partial charge in [-0.1, -0.05) is 6.07 Å². The third-order valence-corrected chi connectivity index (χ3v) is 2.96. The van der Waals surface area contributed by atoms with Gasteiger partial charge in [-0.05, 0) is 38.1 Å². The number of anilines is 1. The zero-order chi connectivity index (χ0) is 10.7. The summed E-state index contributed by atoms with van der Waals surface area (Å²) in [6, 6.07) is 7.36. The molecule has 15 heavy (non-hydrogen) atoms. The molecule has 0 aromatic heterocycles. The maximum atomic E-state index is 13.1. The van der Waals surface area contributed by atoms with Gasteiger partial charge in [0.25, 0.3) is 0 Å². The third-order valence-electron chi connectivity index (χ3n) is 2.96. The van der Waals surface area contributed by atoms with Crippen LogP contribution in [-0.4, -0.2) is 25.7 Å². The highest BCUT2D eigenvalue weighted by molar-refractivity contribution is 5.47. The van der Waals surface area contributed by atoms with Crippen LogP contribution in [0.25, 0.3) is 0 Å². The molecule has 1 N–H and O–H groups in total. The zero-order valence-corrected chi connectivity index (χ0v) is 9.04. The van der Waals surface area contributed by atoms with Crippen molar-refractivity contribution in [1.29, 1.82) is 0 Å². The fraction of sp³-hybridized carbons (Fsp3) is 0.500. The van der Waals surface area contributed by atoms with Gasteiger partial charge in [0.15, 0.2) is 0 Å². The average molecular weight is 208 g/mol. The summed E-state index contributed by atoms with van der Waals surface area (Å²) in [5, 5.41) is 3.34. The number of rotatable bonds is 3. The molecule has 0 bridgehead atoms. The van der Waals surface area contributed by atoms with E-state index in [-0.39, 0.29) is 5.82 Å². The maximum Gasteiger partial charge on any atom is 0.125 e. The van der Waals surface area contributed by atoms with Crippen LogP contribution in [-0.2, 0) is 0 Å². The predicted octanol–water partition coefficient (Wildman–Crippen LogP) is 2.01. The third kappa shape index (κ3) is 2.29. The van der Waals surface area contributed by atoms with Gasteiger partial charge in [-0.25, -0.2) is 4.39 Å². The highest BCUT2D eigenvalue weighted by Crippen LogP contribution is 2.20. The van der Waals surface area contributed by atoms with Crippen molar-refractivity contribution < 1.29 is 4.39 Å². The molecular formula is C12H17FN2. The summed E-state index contributed by atoms with van der Waals surface area (Å²) in [6.45, 7) is 5.11. The Morgan fingerprint density at radius 1 is 1.53 bits per heavy atom. The van der Waals surface area contributed by atoms with E-state index >= 15 is 0 Å². The molecule has 1 fully saturated rings. The fourth-order valence-corrected chi connectivity index (χ4v) is 2.21. The second kappa shape index (κ2) is 4.62. The van der Waals surface area contributed by atoms with Crippen molar-refractivity contribution in [1.82, 2.24) is 5.32 Å². The van der Waals surface area contributed by atoms with E-state index in [1.54, 1.807) is 12.1 Å². The number of hydrogen-bond donors (Lipinski definition) is 1. The summed E-state index contributed by atoms with van der Waals surface area (Å²) < 4.78 is 13.1. The van der Waals surface area contributed by atoms with Gasteiger partial charge in [0.2, 0.25) is 0 Å². The van der Waals surface area contributed by atoms with E-state index in [0.29, 0.717) is 6.04 Å². The van der Waals surface area contributed by atoms with E-state index in [1.807, 2.05) is 6.07 Å². The van der Waals surface area contributed by atoms with E-state index in [4.69, 9.17) is 0 Å². The minimum Gasteiger partial charge on any atom is -0.367 e. The molecule has 1 aliphatic heterocycles. The molecule has 1 aromatic rings. The van der Waals surface area contributed by atoms with Crippen LogP contribution in [0.1, 0.15) is 13.3 Å². The Balaban J connectivity index is 2.18. The van der Waals surface area contributed by atoms with Crippen LogP contribution < -0.4 is 10.2 Å². The largest absolute Gasteiger partial charge is 0.367 e. The van der Waals surface area contributed by atoms with E-state index in [9.17, 15) is 4.39 Å². The molecule has 1 saturated heterocycles. The van der Waals surface area contributed by atoms with Crippen molar-refractivity contribution in [2.75, 3.05) is 24.5 Å². The van der Waals surface area contributed by atoms with Gasteiger partial charge in [-0.3, -0.25) is 0 Å². The van der Waals surface area contributed by atoms with Gasteiger partial charge in [-0.15, -0.1) is 0 Å². The first kappa shape index (κ1) is 10.4. The second-order valence-electron chi connectivity index (χ2n) is 3.91. The normalized spacial score (nSPS) is 20.5. The SMILES string of the molecule is CCN(c1cccc(F)c1)C1CCNC1. The van der Waals surface area contributed by atoms with Crippen LogP contribution in [0.15, 0.2) is 24.3 Å². The Morgan fingerprint density at radius 3 is 3.00 bits per heavy atom. The van der Waals surface area contributed by atoms with Crippen molar-refractivity contribution >= 4 is 5.69 Å². The number of nitrogens with one attached hydrogen (secondary N) is 1. The molecule has 2 rings (SSSR count). The van der Waals surface area contributed by atoms with E-state index in [0.717, 1.165) is 31.7 Å². The lowest BCUT2D eigenvalue weighted by Gasteiger charge is -2.29. The number of halogens is 1. The molecule has 1 unspecified atom stereocenters. The first-order chi connectivity index (χ1) is 7.31. The summed E-state index contributed by atoms with van der Waals surface area (Å²) >= 11 is 0. The van der Waals surface area contributed by atoms with Crippen molar-refractivity contribution in [3.63, 3.8) is 0 Å². The molecule has 0 saturated carbocycles. The molecule has 0 radical (unpaired) electrons. The van der Waals surface area contributed by atoms with Crippen molar-refractivity contribution in [2.24, 2.45) is 0 Å². The Kier molecular flexibility index (Phi) is 3.21. The maximum absolute atomic E-state index is 13.1. The molecule has 0 spiro atoms. The van der Waals surface area contributed by atoms with Crippen LogP contribution in [0.5, 0.6) is 0 Å². The highest BCUT2D eigenvalue weighted by atomic mass is 19.1. The number of nitrogens with zero attached hydrogens (tertiary/aromatic N) is 1. The molecule has 1 aromatic carbocycles. The minimum absolute atomic E-state index is 0.156. The fourth-order valence-electron chi connectivity index (χ4n) is 2.21. The number of benzene rings is 1. The van der Waals surface area contributed by atoms with Gasteiger partial charge < -0.3 is 10.2 Å². The molecule has 3 heteroatoms. The van der Waals surface area contributed by atoms with E-state index in [1.165, 1.54) is 6.07 Å². The zero-order valence-electron chi connectivity index (χ0n) is 9.04. The topological polar surface area (TPSA) is 15.3 Å². The van der Waals surface area contributed by atoms with E-state index in [2.05, 4.69) is 17.1 Å². The summed E-state index contributed by atoms with van der Waals surface area (Å²) in [6.07, 6.45) is 1.14. The lowest BCUT2D eigenvalue weighted by Crippen LogP contribution is -2.36. The van der Waals surface area contributed by atoms with Crippen molar-refractivity contribution in [3.8, 4) is 0 Å². The first-order valence-corrected chi connectivity index (χ1v) is 5.54. The smallest absolute Gasteiger partial charge is 0.125 e. The van der Waals surface area contributed by atoms with Crippen LogP contribution in [0, 0.1) is 5.82 Å². The number of likely N-dealkylation sites (N-methyl/N-ethyl adjacent to an activating group) is 1. The highest BCUT2D eigenvalue weighted by Gasteiger charge is 2.21. The number of hydrogen-bond acceptors (Lipinski definition) is 2. The Morgan fingerprint density at radius 2 is 2.40 bits per heavy atom. The van der Waals surface area contributed by atoms with Crippen LogP contribution in [0.2, 0.25) is 0 Å². The van der Waals surface area contributed by atoms with Gasteiger partial charge in [0.05, 0.1) is 0 Å². The van der Waals surface area contributed by atoms with Gasteiger partial charge >= 0.3 is 0 Å². The average Bonchev–Trinajstić information content (AvgIpc) is 2.72. The molecule has 2 nitrogen and oxygen atoms in total. The van der Waals surface area contributed by atoms with Crippen molar-refractivity contribution in [3.05, 3.63) is 30.1 Å². The van der Waals surface area contributed by atoms with Gasteiger partial charge in [0.1, 0.15) is 5.82 Å². The minimum atomic E-state index is -0.156. The van der Waals surface area contributed by atoms with Crippen LogP contribution >= 0.6 is 0 Å². The molecule has 0 amide bonds. The van der Waals surface area contributed by atoms with Crippen LogP contribution in [0.3, 0.4) is 0 Å². The Hall–Kier alpha value is -1.09. The first-order valence-electron chi connectivity index (χ1n) is 5.54. The van der Waals surface area contributed by atoms with Gasteiger partial charge in [-0.2, -0.15) is 0 Å². The molecular weight excluding hydrogens is 191 g/mol.